The highest BCUT2D eigenvalue weighted by atomic mass is 35.5. The smallest absolute Gasteiger partial charge is 0.339 e. The number of ketones is 1. The molecule has 1 heterocycles. The molecule has 0 amide bonds. The number of halogens is 1. The molecule has 0 aliphatic carbocycles. The van der Waals surface area contributed by atoms with Crippen molar-refractivity contribution in [1.82, 2.24) is 0 Å². The Hall–Kier alpha value is -1.49. The monoisotopic (exact) mass is 366 g/mol. The molecule has 0 aromatic heterocycles. The van der Waals surface area contributed by atoms with E-state index in [0.29, 0.717) is 16.1 Å². The second-order valence-electron chi connectivity index (χ2n) is 5.29. The predicted molar refractivity (Wildman–Crippen MR) is 90.4 cm³/mol. The zero-order chi connectivity index (χ0) is 17.4. The van der Waals surface area contributed by atoms with Crippen LogP contribution in [-0.4, -0.2) is 26.1 Å². The maximum absolute atomic E-state index is 13.1. The van der Waals surface area contributed by atoms with Gasteiger partial charge in [0, 0.05) is 24.8 Å². The third-order valence-electron chi connectivity index (χ3n) is 4.04. The largest absolute Gasteiger partial charge is 0.369 e. The number of carbonyl (C=O) groups is 1. The van der Waals surface area contributed by atoms with E-state index in [1.54, 1.807) is 48.5 Å². The zero-order valence-electron chi connectivity index (χ0n) is 13.1. The van der Waals surface area contributed by atoms with Crippen LogP contribution in [0.15, 0.2) is 54.6 Å². The average Bonchev–Trinajstić information content (AvgIpc) is 3.39. The van der Waals surface area contributed by atoms with Crippen molar-refractivity contribution in [3.63, 3.8) is 0 Å². The molecule has 1 fully saturated rings. The van der Waals surface area contributed by atoms with Crippen LogP contribution in [0, 0.1) is 0 Å². The molecule has 0 N–H and O–H groups in total. The lowest BCUT2D eigenvalue weighted by Crippen LogP contribution is -2.21. The van der Waals surface area contributed by atoms with Gasteiger partial charge >= 0.3 is 7.60 Å². The van der Waals surface area contributed by atoms with Gasteiger partial charge in [0.15, 0.2) is 11.9 Å². The van der Waals surface area contributed by atoms with Crippen molar-refractivity contribution < 1.29 is 23.1 Å². The van der Waals surface area contributed by atoms with Gasteiger partial charge in [-0.1, -0.05) is 54.1 Å². The van der Waals surface area contributed by atoms with Gasteiger partial charge in [-0.25, -0.2) is 0 Å². The Balaban J connectivity index is 2.05. The topological polar surface area (TPSA) is 65.1 Å². The SMILES string of the molecule is COP(=O)(OC)[C@]1(c2ccc(Cl)cc2)O[C@@H]1C(=O)c1ccccc1. The minimum atomic E-state index is -3.73. The van der Waals surface area contributed by atoms with Crippen LogP contribution in [0.2, 0.25) is 5.02 Å². The van der Waals surface area contributed by atoms with Gasteiger partial charge in [-0.15, -0.1) is 0 Å². The first-order valence-corrected chi connectivity index (χ1v) is 9.15. The van der Waals surface area contributed by atoms with E-state index >= 15 is 0 Å². The Kier molecular flexibility index (Phi) is 4.65. The lowest BCUT2D eigenvalue weighted by atomic mass is 10.0. The molecule has 126 valence electrons. The number of Topliss-reactive ketones (excluding diaryl/α,β-unsaturated/α-hetero) is 1. The number of ether oxygens (including phenoxy) is 1. The van der Waals surface area contributed by atoms with Crippen molar-refractivity contribution in [2.24, 2.45) is 0 Å². The molecule has 0 bridgehead atoms. The van der Waals surface area contributed by atoms with E-state index < -0.39 is 19.0 Å². The zero-order valence-corrected chi connectivity index (χ0v) is 14.8. The maximum Gasteiger partial charge on any atom is 0.369 e. The third kappa shape index (κ3) is 2.63. The molecule has 2 aromatic rings. The minimum absolute atomic E-state index is 0.278. The van der Waals surface area contributed by atoms with E-state index in [4.69, 9.17) is 25.4 Å². The third-order valence-corrected chi connectivity index (χ3v) is 6.66. The Morgan fingerprint density at radius 2 is 1.67 bits per heavy atom. The van der Waals surface area contributed by atoms with Crippen molar-refractivity contribution in [1.29, 1.82) is 0 Å². The van der Waals surface area contributed by atoms with E-state index in [1.807, 2.05) is 6.07 Å². The normalized spacial score (nSPS) is 23.0. The maximum atomic E-state index is 13.1. The summed E-state index contributed by atoms with van der Waals surface area (Å²) in [7, 11) is -1.18. The van der Waals surface area contributed by atoms with Gasteiger partial charge in [-0.05, 0) is 17.7 Å². The number of hydrogen-bond acceptors (Lipinski definition) is 5. The highest BCUT2D eigenvalue weighted by Gasteiger charge is 2.74. The van der Waals surface area contributed by atoms with Gasteiger partial charge in [0.25, 0.3) is 0 Å². The summed E-state index contributed by atoms with van der Waals surface area (Å²) in [4.78, 5) is 12.8. The van der Waals surface area contributed by atoms with Crippen molar-refractivity contribution in [3.8, 4) is 0 Å². The van der Waals surface area contributed by atoms with Gasteiger partial charge in [0.1, 0.15) is 0 Å². The second-order valence-corrected chi connectivity index (χ2v) is 8.12. The molecule has 7 heteroatoms. The molecular weight excluding hydrogens is 351 g/mol. The summed E-state index contributed by atoms with van der Waals surface area (Å²) in [5.41, 5.74) is 0.991. The standard InChI is InChI=1S/C17H16ClO5P/c1-21-24(20,22-2)17(13-8-10-14(18)11-9-13)16(23-17)15(19)12-6-4-3-5-7-12/h3-11,16H,1-2H3/t16-,17+/m1/s1. The van der Waals surface area contributed by atoms with Gasteiger partial charge in [0.2, 0.25) is 5.34 Å². The summed E-state index contributed by atoms with van der Waals surface area (Å²) < 4.78 is 29.1. The van der Waals surface area contributed by atoms with E-state index in [1.165, 1.54) is 14.2 Å². The predicted octanol–water partition coefficient (Wildman–Crippen LogP) is 4.26. The molecule has 1 saturated heterocycles. The number of benzene rings is 2. The van der Waals surface area contributed by atoms with Gasteiger partial charge in [-0.2, -0.15) is 0 Å². The summed E-state index contributed by atoms with van der Waals surface area (Å²) in [5, 5.41) is -0.946. The van der Waals surface area contributed by atoms with Crippen LogP contribution in [0.1, 0.15) is 15.9 Å². The first-order chi connectivity index (χ1) is 11.5. The summed E-state index contributed by atoms with van der Waals surface area (Å²) in [6, 6.07) is 15.3. The molecule has 0 radical (unpaired) electrons. The fourth-order valence-corrected chi connectivity index (χ4v) is 4.67. The van der Waals surface area contributed by atoms with Crippen molar-refractivity contribution in [2.75, 3.05) is 14.2 Å². The van der Waals surface area contributed by atoms with E-state index in [0.717, 1.165) is 0 Å². The molecular formula is C17H16ClO5P. The van der Waals surface area contributed by atoms with E-state index in [2.05, 4.69) is 0 Å². The Bertz CT molecular complexity index is 784. The Morgan fingerprint density at radius 3 is 2.21 bits per heavy atom. The molecule has 5 nitrogen and oxygen atoms in total. The summed E-state index contributed by atoms with van der Waals surface area (Å²) in [6.07, 6.45) is -0.952. The summed E-state index contributed by atoms with van der Waals surface area (Å²) >= 11 is 5.92. The molecule has 3 rings (SSSR count). The van der Waals surface area contributed by atoms with Gasteiger partial charge in [0.05, 0.1) is 0 Å². The minimum Gasteiger partial charge on any atom is -0.339 e. The lowest BCUT2D eigenvalue weighted by molar-refractivity contribution is 0.0953. The van der Waals surface area contributed by atoms with Crippen molar-refractivity contribution in [2.45, 2.75) is 11.4 Å². The van der Waals surface area contributed by atoms with Crippen molar-refractivity contribution in [3.05, 3.63) is 70.7 Å². The average molecular weight is 367 g/mol. The number of carbonyl (C=O) groups excluding carboxylic acids is 1. The van der Waals surface area contributed by atoms with Crippen LogP contribution >= 0.6 is 19.2 Å². The molecule has 24 heavy (non-hydrogen) atoms. The lowest BCUT2D eigenvalue weighted by Gasteiger charge is -2.22. The van der Waals surface area contributed by atoms with Crippen LogP contribution in [-0.2, 0) is 23.7 Å². The van der Waals surface area contributed by atoms with E-state index in [9.17, 15) is 9.36 Å². The molecule has 2 atom stereocenters. The van der Waals surface area contributed by atoms with Crippen molar-refractivity contribution >= 4 is 25.0 Å². The fraction of sp³-hybridized carbons (Fsp3) is 0.235. The molecule has 0 saturated carbocycles. The molecule has 1 aliphatic rings. The number of rotatable bonds is 6. The van der Waals surface area contributed by atoms with Crippen LogP contribution in [0.4, 0.5) is 0 Å². The number of hydrogen-bond donors (Lipinski definition) is 0. The fourth-order valence-electron chi connectivity index (χ4n) is 2.75. The van der Waals surface area contributed by atoms with Crippen LogP contribution in [0.25, 0.3) is 0 Å². The highest BCUT2D eigenvalue weighted by molar-refractivity contribution is 7.55. The van der Waals surface area contributed by atoms with E-state index in [-0.39, 0.29) is 5.78 Å². The van der Waals surface area contributed by atoms with Gasteiger partial charge in [-0.3, -0.25) is 9.36 Å². The van der Waals surface area contributed by atoms with Crippen LogP contribution in [0.5, 0.6) is 0 Å². The molecule has 0 unspecified atom stereocenters. The first kappa shape index (κ1) is 17.3. The number of epoxide rings is 1. The highest BCUT2D eigenvalue weighted by Crippen LogP contribution is 2.74. The van der Waals surface area contributed by atoms with Gasteiger partial charge < -0.3 is 13.8 Å². The molecule has 1 aliphatic heterocycles. The summed E-state index contributed by atoms with van der Waals surface area (Å²) in [5.74, 6) is -0.278. The first-order valence-electron chi connectivity index (χ1n) is 7.23. The quantitative estimate of drug-likeness (QED) is 0.434. The van der Waals surface area contributed by atoms with Crippen LogP contribution in [0.3, 0.4) is 0 Å². The molecule has 0 spiro atoms. The summed E-state index contributed by atoms with van der Waals surface area (Å²) in [6.45, 7) is 0. The second kappa shape index (κ2) is 6.43. The van der Waals surface area contributed by atoms with Crippen LogP contribution < -0.4 is 0 Å². The Morgan fingerprint density at radius 1 is 1.08 bits per heavy atom. The Labute approximate surface area is 145 Å². The molecule has 2 aromatic carbocycles.